The fourth-order valence-electron chi connectivity index (χ4n) is 2.90. The maximum absolute atomic E-state index is 5.38. The average molecular weight is 275 g/mol. The van der Waals surface area contributed by atoms with E-state index in [4.69, 9.17) is 4.74 Å². The molecule has 108 valence electrons. The molecule has 2 aromatic rings. The van der Waals surface area contributed by atoms with E-state index in [0.717, 1.165) is 41.4 Å². The van der Waals surface area contributed by atoms with E-state index in [2.05, 4.69) is 27.3 Å². The molecule has 0 aliphatic carbocycles. The second kappa shape index (κ2) is 5.03. The van der Waals surface area contributed by atoms with Crippen molar-refractivity contribution in [2.75, 3.05) is 13.7 Å². The fourth-order valence-corrected chi connectivity index (χ4v) is 2.90. The third-order valence-corrected chi connectivity index (χ3v) is 4.13. The molecule has 20 heavy (non-hydrogen) atoms. The summed E-state index contributed by atoms with van der Waals surface area (Å²) >= 11 is 0. The third-order valence-electron chi connectivity index (χ3n) is 4.13. The molecular formula is C14H21N5O. The first-order valence-electron chi connectivity index (χ1n) is 6.91. The normalized spacial score (nSPS) is 22.6. The van der Waals surface area contributed by atoms with E-state index in [9.17, 15) is 0 Å². The Labute approximate surface area is 118 Å². The lowest BCUT2D eigenvalue weighted by atomic mass is 10.1. The largest absolute Gasteiger partial charge is 0.380 e. The number of hydrogen-bond acceptors (Lipinski definition) is 4. The Bertz CT molecular complexity index is 615. The molecule has 1 aliphatic rings. The Kier molecular flexibility index (Phi) is 3.35. The highest BCUT2D eigenvalue weighted by atomic mass is 16.5. The van der Waals surface area contributed by atoms with Crippen LogP contribution in [0.3, 0.4) is 0 Å². The Morgan fingerprint density at radius 1 is 1.40 bits per heavy atom. The Morgan fingerprint density at radius 3 is 2.80 bits per heavy atom. The first-order chi connectivity index (χ1) is 9.60. The lowest BCUT2D eigenvalue weighted by Crippen LogP contribution is -2.16. The maximum Gasteiger partial charge on any atom is 0.123 e. The van der Waals surface area contributed by atoms with E-state index in [-0.39, 0.29) is 12.1 Å². The van der Waals surface area contributed by atoms with Crippen molar-refractivity contribution < 1.29 is 4.74 Å². The van der Waals surface area contributed by atoms with Crippen LogP contribution in [-0.2, 0) is 11.8 Å². The van der Waals surface area contributed by atoms with E-state index in [1.807, 2.05) is 24.9 Å². The minimum atomic E-state index is 0.242. The number of nitrogens with zero attached hydrogens (tertiary/aromatic N) is 3. The molecule has 0 saturated carbocycles. The molecular weight excluding hydrogens is 254 g/mol. The standard InChI is InChI=1S/C14H21N5O/c1-8-13(9(2)19(3)18-8)12-7-16-14(17-12)11-5-10(20-4)6-15-11/h7,10-11,15H,5-6H2,1-4H3,(H,16,17). The van der Waals surface area contributed by atoms with Crippen molar-refractivity contribution in [2.45, 2.75) is 32.4 Å². The van der Waals surface area contributed by atoms with Gasteiger partial charge in [-0.3, -0.25) is 4.68 Å². The molecule has 2 atom stereocenters. The predicted octanol–water partition coefficient (Wildman–Crippen LogP) is 1.48. The van der Waals surface area contributed by atoms with Gasteiger partial charge in [0.25, 0.3) is 0 Å². The number of methoxy groups -OCH3 is 1. The number of aromatic amines is 1. The fraction of sp³-hybridized carbons (Fsp3) is 0.571. The van der Waals surface area contributed by atoms with Crippen molar-refractivity contribution >= 4 is 0 Å². The summed E-state index contributed by atoms with van der Waals surface area (Å²) < 4.78 is 7.28. The number of H-pyrrole nitrogens is 1. The number of hydrogen-bond donors (Lipinski definition) is 2. The molecule has 6 nitrogen and oxygen atoms in total. The Morgan fingerprint density at radius 2 is 2.20 bits per heavy atom. The number of rotatable bonds is 3. The first-order valence-corrected chi connectivity index (χ1v) is 6.91. The summed E-state index contributed by atoms with van der Waals surface area (Å²) in [7, 11) is 3.72. The smallest absolute Gasteiger partial charge is 0.123 e. The molecule has 0 spiro atoms. The summed E-state index contributed by atoms with van der Waals surface area (Å²) in [5.41, 5.74) is 4.35. The van der Waals surface area contributed by atoms with Gasteiger partial charge in [-0.15, -0.1) is 0 Å². The van der Waals surface area contributed by atoms with Gasteiger partial charge in [0.2, 0.25) is 0 Å². The maximum atomic E-state index is 5.38. The van der Waals surface area contributed by atoms with Crippen LogP contribution in [0.25, 0.3) is 11.3 Å². The highest BCUT2D eigenvalue weighted by Crippen LogP contribution is 2.28. The molecule has 2 aromatic heterocycles. The van der Waals surface area contributed by atoms with Gasteiger partial charge in [0, 0.05) is 32.0 Å². The summed E-state index contributed by atoms with van der Waals surface area (Å²) in [4.78, 5) is 7.95. The molecule has 1 saturated heterocycles. The van der Waals surface area contributed by atoms with Crippen LogP contribution in [0.5, 0.6) is 0 Å². The molecule has 0 amide bonds. The molecule has 0 aromatic carbocycles. The van der Waals surface area contributed by atoms with Crippen molar-refractivity contribution in [1.82, 2.24) is 25.1 Å². The SMILES string of the molecule is COC1CNC(c2ncc(-c3c(C)nn(C)c3C)[nH]2)C1. The van der Waals surface area contributed by atoms with Gasteiger partial charge >= 0.3 is 0 Å². The van der Waals surface area contributed by atoms with E-state index in [1.165, 1.54) is 0 Å². The minimum Gasteiger partial charge on any atom is -0.380 e. The Balaban J connectivity index is 1.87. The Hall–Kier alpha value is -1.66. The van der Waals surface area contributed by atoms with Gasteiger partial charge in [-0.2, -0.15) is 5.10 Å². The molecule has 6 heteroatoms. The zero-order valence-corrected chi connectivity index (χ0v) is 12.4. The lowest BCUT2D eigenvalue weighted by molar-refractivity contribution is 0.117. The summed E-state index contributed by atoms with van der Waals surface area (Å²) in [6.07, 6.45) is 3.12. The average Bonchev–Trinajstić information content (AvgIpc) is 3.10. The van der Waals surface area contributed by atoms with E-state index < -0.39 is 0 Å². The van der Waals surface area contributed by atoms with E-state index in [0.29, 0.717) is 0 Å². The van der Waals surface area contributed by atoms with Crippen LogP contribution >= 0.6 is 0 Å². The highest BCUT2D eigenvalue weighted by molar-refractivity contribution is 5.64. The molecule has 1 fully saturated rings. The van der Waals surface area contributed by atoms with Crippen LogP contribution in [0, 0.1) is 13.8 Å². The highest BCUT2D eigenvalue weighted by Gasteiger charge is 2.27. The van der Waals surface area contributed by atoms with Crippen molar-refractivity contribution in [3.8, 4) is 11.3 Å². The second-order valence-electron chi connectivity index (χ2n) is 5.41. The number of ether oxygens (including phenoxy) is 1. The summed E-state index contributed by atoms with van der Waals surface area (Å²) in [6, 6.07) is 0.242. The van der Waals surface area contributed by atoms with E-state index >= 15 is 0 Å². The third kappa shape index (κ3) is 2.14. The van der Waals surface area contributed by atoms with Gasteiger partial charge in [-0.1, -0.05) is 0 Å². The molecule has 3 rings (SSSR count). The molecule has 3 heterocycles. The van der Waals surface area contributed by atoms with Crippen molar-refractivity contribution in [3.63, 3.8) is 0 Å². The van der Waals surface area contributed by atoms with Gasteiger partial charge in [0.1, 0.15) is 5.82 Å². The molecule has 0 radical (unpaired) electrons. The zero-order chi connectivity index (χ0) is 14.3. The van der Waals surface area contributed by atoms with E-state index in [1.54, 1.807) is 7.11 Å². The number of aromatic nitrogens is 4. The van der Waals surface area contributed by atoms with Crippen LogP contribution in [0.15, 0.2) is 6.20 Å². The summed E-state index contributed by atoms with van der Waals surface area (Å²) in [5, 5.41) is 7.89. The van der Waals surface area contributed by atoms with Gasteiger partial charge in [0.05, 0.1) is 29.7 Å². The monoisotopic (exact) mass is 275 g/mol. The molecule has 2 N–H and O–H groups in total. The number of nitrogens with one attached hydrogen (secondary N) is 2. The number of imidazole rings is 1. The second-order valence-corrected chi connectivity index (χ2v) is 5.41. The summed E-state index contributed by atoms with van der Waals surface area (Å²) in [6.45, 7) is 4.98. The van der Waals surface area contributed by atoms with Crippen molar-refractivity contribution in [1.29, 1.82) is 0 Å². The van der Waals surface area contributed by atoms with Crippen molar-refractivity contribution in [3.05, 3.63) is 23.4 Å². The predicted molar refractivity (Wildman–Crippen MR) is 76.4 cm³/mol. The lowest BCUT2D eigenvalue weighted by Gasteiger charge is -2.06. The first kappa shape index (κ1) is 13.3. The van der Waals surface area contributed by atoms with Crippen molar-refractivity contribution in [2.24, 2.45) is 7.05 Å². The number of aryl methyl sites for hydroxylation is 2. The molecule has 2 unspecified atom stereocenters. The van der Waals surface area contributed by atoms with Crippen LogP contribution < -0.4 is 5.32 Å². The van der Waals surface area contributed by atoms with Gasteiger partial charge < -0.3 is 15.0 Å². The van der Waals surface area contributed by atoms with Crippen LogP contribution in [0.4, 0.5) is 0 Å². The summed E-state index contributed by atoms with van der Waals surface area (Å²) in [5.74, 6) is 0.974. The zero-order valence-electron chi connectivity index (χ0n) is 12.4. The van der Waals surface area contributed by atoms with Gasteiger partial charge in [-0.05, 0) is 20.3 Å². The van der Waals surface area contributed by atoms with Crippen LogP contribution in [0.2, 0.25) is 0 Å². The van der Waals surface area contributed by atoms with Gasteiger partial charge in [0.15, 0.2) is 0 Å². The van der Waals surface area contributed by atoms with Crippen LogP contribution in [-0.4, -0.2) is 39.5 Å². The van der Waals surface area contributed by atoms with Gasteiger partial charge in [-0.25, -0.2) is 4.98 Å². The minimum absolute atomic E-state index is 0.242. The quantitative estimate of drug-likeness (QED) is 0.890. The molecule has 0 bridgehead atoms. The molecule has 1 aliphatic heterocycles. The van der Waals surface area contributed by atoms with Crippen LogP contribution in [0.1, 0.15) is 29.7 Å². The topological polar surface area (TPSA) is 67.8 Å².